The largest absolute Gasteiger partial charge is 0.504 e. The maximum atomic E-state index is 13.9. The van der Waals surface area contributed by atoms with Crippen molar-refractivity contribution >= 4 is 29.2 Å². The van der Waals surface area contributed by atoms with Crippen molar-refractivity contribution < 1.29 is 48.4 Å². The van der Waals surface area contributed by atoms with E-state index in [2.05, 4.69) is 11.4 Å². The van der Waals surface area contributed by atoms with Crippen LogP contribution in [0.15, 0.2) is 22.5 Å². The zero-order valence-corrected chi connectivity index (χ0v) is 25.7. The topological polar surface area (TPSA) is 196 Å². The number of aromatic hydroxyl groups is 1. The van der Waals surface area contributed by atoms with E-state index >= 15 is 0 Å². The fourth-order valence-corrected chi connectivity index (χ4v) is 7.44. The molecular formula is C31H34N4O10. The van der Waals surface area contributed by atoms with Crippen molar-refractivity contribution in [2.24, 2.45) is 0 Å². The number of allylic oxidation sites excluding steroid dienone is 2. The molecule has 1 aliphatic carbocycles. The first-order chi connectivity index (χ1) is 21.3. The van der Waals surface area contributed by atoms with E-state index in [1.807, 2.05) is 4.90 Å². The molecule has 45 heavy (non-hydrogen) atoms. The minimum absolute atomic E-state index is 0.00362. The molecule has 0 radical (unpaired) electrons. The highest BCUT2D eigenvalue weighted by molar-refractivity contribution is 6.35. The van der Waals surface area contributed by atoms with Crippen molar-refractivity contribution in [2.75, 3.05) is 34.4 Å². The summed E-state index contributed by atoms with van der Waals surface area (Å²) in [5.41, 5.74) is 1.47. The van der Waals surface area contributed by atoms with Crippen LogP contribution < -0.4 is 14.8 Å². The molecule has 0 aromatic heterocycles. The van der Waals surface area contributed by atoms with Crippen molar-refractivity contribution in [2.45, 2.75) is 63.8 Å². The van der Waals surface area contributed by atoms with Crippen LogP contribution in [0.4, 0.5) is 0 Å². The number of rotatable bonds is 7. The Morgan fingerprint density at radius 2 is 1.76 bits per heavy atom. The Labute approximate surface area is 258 Å². The van der Waals surface area contributed by atoms with Gasteiger partial charge in [-0.3, -0.25) is 29.0 Å². The fourth-order valence-electron chi connectivity index (χ4n) is 7.44. The molecule has 1 saturated heterocycles. The van der Waals surface area contributed by atoms with Gasteiger partial charge in [0.15, 0.2) is 23.0 Å². The van der Waals surface area contributed by atoms with E-state index in [4.69, 9.17) is 14.2 Å². The standard InChI is InChI=1S/C31H34N4O10/c1-12-25(39)15-7-17-19(9-32)35-18(24(34(17)4)23(15)27(41)29(12)43-5)8-16-22(20(35)10-33-31(42)14(3)37)26(40)30(44-6)13(2)28(16)45-21(38)11-36/h17-20,24,36,40H,7-8,10-11H2,1-6H3,(H,33,42)/t17-,18-,19-,20-,24-/m0/s1. The minimum Gasteiger partial charge on any atom is -0.504 e. The third kappa shape index (κ3) is 4.70. The van der Waals surface area contributed by atoms with Crippen LogP contribution in [0.25, 0.3) is 0 Å². The molecule has 1 amide bonds. The second kappa shape index (κ2) is 11.7. The number of phenols is 1. The lowest BCUT2D eigenvalue weighted by Gasteiger charge is -2.60. The fraction of sp³-hybridized carbons (Fsp3) is 0.484. The summed E-state index contributed by atoms with van der Waals surface area (Å²) in [5, 5.41) is 34.3. The molecule has 3 aliphatic heterocycles. The molecule has 5 rings (SSSR count). The van der Waals surface area contributed by atoms with Crippen LogP contribution in [0.3, 0.4) is 0 Å². The van der Waals surface area contributed by atoms with E-state index in [1.165, 1.54) is 21.1 Å². The van der Waals surface area contributed by atoms with E-state index in [1.54, 1.807) is 18.9 Å². The van der Waals surface area contributed by atoms with Gasteiger partial charge in [0.05, 0.1) is 32.4 Å². The number of hydrogen-bond acceptors (Lipinski definition) is 13. The van der Waals surface area contributed by atoms with Gasteiger partial charge >= 0.3 is 5.97 Å². The lowest BCUT2D eigenvalue weighted by Crippen LogP contribution is -2.72. The van der Waals surface area contributed by atoms with Gasteiger partial charge in [-0.1, -0.05) is 0 Å². The first-order valence-electron chi connectivity index (χ1n) is 14.3. The molecule has 1 fully saturated rings. The number of likely N-dealkylation sites (N-methyl/N-ethyl adjacent to an activating group) is 1. The number of carbonyl (C=O) groups excluding carboxylic acids is 5. The Hall–Kier alpha value is -4.58. The number of esters is 1. The summed E-state index contributed by atoms with van der Waals surface area (Å²) in [5.74, 6) is -3.84. The van der Waals surface area contributed by atoms with Crippen molar-refractivity contribution in [1.29, 1.82) is 5.26 Å². The number of aliphatic hydroxyl groups is 1. The summed E-state index contributed by atoms with van der Waals surface area (Å²) in [6.07, 6.45) is 0.104. The molecule has 0 saturated carbocycles. The molecule has 5 atom stereocenters. The highest BCUT2D eigenvalue weighted by Crippen LogP contribution is 2.54. The number of phenolic OH excluding ortho intramolecular Hbond substituents is 1. The van der Waals surface area contributed by atoms with E-state index < -0.39 is 60.3 Å². The smallest absolute Gasteiger partial charge is 0.337 e. The predicted molar refractivity (Wildman–Crippen MR) is 154 cm³/mol. The average molecular weight is 623 g/mol. The molecule has 238 valence electrons. The second-order valence-corrected chi connectivity index (χ2v) is 11.5. The lowest BCUT2D eigenvalue weighted by molar-refractivity contribution is -0.137. The number of piperazine rings is 1. The molecule has 1 aromatic rings. The van der Waals surface area contributed by atoms with Gasteiger partial charge in [0.25, 0.3) is 5.91 Å². The molecule has 0 unspecified atom stereocenters. The van der Waals surface area contributed by atoms with Crippen molar-refractivity contribution in [3.05, 3.63) is 39.2 Å². The number of nitrogens with one attached hydrogen (secondary N) is 1. The summed E-state index contributed by atoms with van der Waals surface area (Å²) in [7, 11) is 4.39. The van der Waals surface area contributed by atoms with E-state index in [9.17, 15) is 39.4 Å². The summed E-state index contributed by atoms with van der Waals surface area (Å²) in [6.45, 7) is 2.99. The van der Waals surface area contributed by atoms with Crippen molar-refractivity contribution in [3.8, 4) is 23.3 Å². The number of nitrogens with zero attached hydrogens (tertiary/aromatic N) is 3. The number of fused-ring (bicyclic) bond motifs is 6. The van der Waals surface area contributed by atoms with Gasteiger partial charge in [0.1, 0.15) is 18.4 Å². The van der Waals surface area contributed by atoms with Gasteiger partial charge in [0.2, 0.25) is 11.6 Å². The van der Waals surface area contributed by atoms with Crippen LogP contribution in [0, 0.1) is 18.3 Å². The second-order valence-electron chi connectivity index (χ2n) is 11.5. The van der Waals surface area contributed by atoms with Gasteiger partial charge in [-0.25, -0.2) is 4.79 Å². The first kappa shape index (κ1) is 31.8. The normalized spacial score (nSPS) is 26.0. The number of ether oxygens (including phenoxy) is 3. The number of hydrogen-bond donors (Lipinski definition) is 3. The number of nitriles is 1. The highest BCUT2D eigenvalue weighted by Gasteiger charge is 2.58. The number of methoxy groups -OCH3 is 2. The Morgan fingerprint density at radius 1 is 1.07 bits per heavy atom. The number of ketones is 3. The van der Waals surface area contributed by atoms with Crippen LogP contribution in [0.2, 0.25) is 0 Å². The molecule has 3 N–H and O–H groups in total. The van der Waals surface area contributed by atoms with Gasteiger partial charge in [-0.2, -0.15) is 5.26 Å². The predicted octanol–water partition coefficient (Wildman–Crippen LogP) is -0.0728. The summed E-state index contributed by atoms with van der Waals surface area (Å²) in [6, 6.07) is -1.62. The van der Waals surface area contributed by atoms with E-state index in [0.29, 0.717) is 11.1 Å². The zero-order chi connectivity index (χ0) is 33.1. The van der Waals surface area contributed by atoms with Gasteiger partial charge in [-0.05, 0) is 33.7 Å². The van der Waals surface area contributed by atoms with Crippen LogP contribution in [-0.4, -0.2) is 108 Å². The molecule has 2 bridgehead atoms. The number of aliphatic hydroxyl groups excluding tert-OH is 1. The number of Topliss-reactive ketones (excluding diaryl/α,β-unsaturated/α-hetero) is 3. The summed E-state index contributed by atoms with van der Waals surface area (Å²) >= 11 is 0. The highest BCUT2D eigenvalue weighted by atomic mass is 16.5. The number of benzene rings is 1. The molecule has 14 heteroatoms. The molecule has 0 spiro atoms. The Bertz CT molecular complexity index is 1650. The summed E-state index contributed by atoms with van der Waals surface area (Å²) < 4.78 is 16.4. The SMILES string of the molecule is COC1=C(C)C(=O)C2=C(C1=O)[C@@H]1[C@@H]3Cc4c(OC(=O)CO)c(C)c(OC)c(O)c4[C@H](CNC(=O)C(C)=O)N3[C@@H](C#N)[C@H](C2)N1C. The maximum absolute atomic E-state index is 13.9. The first-order valence-corrected chi connectivity index (χ1v) is 14.3. The quantitative estimate of drug-likeness (QED) is 0.158. The zero-order valence-electron chi connectivity index (χ0n) is 25.7. The third-order valence-corrected chi connectivity index (χ3v) is 9.35. The average Bonchev–Trinajstić information content (AvgIpc) is 3.00. The van der Waals surface area contributed by atoms with Crippen molar-refractivity contribution in [1.82, 2.24) is 15.1 Å². The Balaban J connectivity index is 1.79. The molecule has 1 aromatic carbocycles. The summed E-state index contributed by atoms with van der Waals surface area (Å²) in [4.78, 5) is 67.9. The monoisotopic (exact) mass is 622 g/mol. The number of carbonyl (C=O) groups is 5. The molecular weight excluding hydrogens is 588 g/mol. The van der Waals surface area contributed by atoms with Gasteiger partial charge in [-0.15, -0.1) is 0 Å². The molecule has 14 nitrogen and oxygen atoms in total. The molecule has 4 aliphatic rings. The van der Waals surface area contributed by atoms with Crippen molar-refractivity contribution in [3.63, 3.8) is 0 Å². The van der Waals surface area contributed by atoms with E-state index in [0.717, 1.165) is 6.92 Å². The number of amides is 1. The van der Waals surface area contributed by atoms with Gasteiger partial charge < -0.3 is 29.7 Å². The van der Waals surface area contributed by atoms with Crippen LogP contribution in [0.5, 0.6) is 17.2 Å². The maximum Gasteiger partial charge on any atom is 0.337 e. The third-order valence-electron chi connectivity index (χ3n) is 9.35. The lowest BCUT2D eigenvalue weighted by atomic mass is 9.68. The van der Waals surface area contributed by atoms with Crippen LogP contribution in [-0.2, 0) is 35.1 Å². The Kier molecular flexibility index (Phi) is 8.30. The van der Waals surface area contributed by atoms with E-state index in [-0.39, 0.29) is 70.5 Å². The van der Waals surface area contributed by atoms with Crippen LogP contribution in [0.1, 0.15) is 43.0 Å². The minimum atomic E-state index is -0.984. The van der Waals surface area contributed by atoms with Gasteiger partial charge in [0, 0.05) is 59.0 Å². The molecule has 3 heterocycles. The van der Waals surface area contributed by atoms with Crippen LogP contribution >= 0.6 is 0 Å². The Morgan fingerprint density at radius 3 is 2.33 bits per heavy atom.